The highest BCUT2D eigenvalue weighted by Gasteiger charge is 2.48. The zero-order valence-corrected chi connectivity index (χ0v) is 42.2. The third-order valence-corrected chi connectivity index (χ3v) is 11.0. The van der Waals surface area contributed by atoms with E-state index in [1.807, 2.05) is 0 Å². The van der Waals surface area contributed by atoms with E-state index in [0.717, 1.165) is 128 Å². The Labute approximate surface area is 410 Å². The highest BCUT2D eigenvalue weighted by molar-refractivity contribution is 7.80. The number of aliphatic hydroxyl groups is 3. The van der Waals surface area contributed by atoms with E-state index in [-0.39, 0.29) is 19.6 Å². The van der Waals surface area contributed by atoms with Gasteiger partial charge < -0.3 is 34.3 Å². The van der Waals surface area contributed by atoms with Crippen LogP contribution in [0.3, 0.4) is 0 Å². The van der Waals surface area contributed by atoms with Gasteiger partial charge >= 0.3 is 16.4 Å². The molecule has 6 atom stereocenters. The van der Waals surface area contributed by atoms with E-state index in [1.54, 1.807) is 0 Å². The topological polar surface area (TPSA) is 178 Å². The van der Waals surface area contributed by atoms with Crippen LogP contribution in [-0.4, -0.2) is 97.5 Å². The van der Waals surface area contributed by atoms with Crippen LogP contribution in [0.25, 0.3) is 0 Å². The number of ether oxygens (including phenoxy) is 4. The summed E-state index contributed by atoms with van der Waals surface area (Å²) in [5.74, 6) is -0.433. The van der Waals surface area contributed by atoms with Crippen LogP contribution in [-0.2, 0) is 38.3 Å². The molecule has 0 aliphatic carbocycles. The van der Waals surface area contributed by atoms with Crippen LogP contribution in [0.1, 0.15) is 155 Å². The minimum atomic E-state index is -5.08. The van der Waals surface area contributed by atoms with Gasteiger partial charge in [0.05, 0.1) is 19.8 Å². The van der Waals surface area contributed by atoms with Crippen molar-refractivity contribution >= 4 is 16.4 Å². The summed E-state index contributed by atoms with van der Waals surface area (Å²) >= 11 is 0. The fourth-order valence-electron chi connectivity index (χ4n) is 6.84. The van der Waals surface area contributed by atoms with E-state index < -0.39 is 59.8 Å². The zero-order valence-electron chi connectivity index (χ0n) is 41.4. The summed E-state index contributed by atoms with van der Waals surface area (Å²) in [5.41, 5.74) is 0. The molecule has 0 radical (unpaired) electrons. The quantitative estimate of drug-likeness (QED) is 0.0197. The number of esters is 1. The Kier molecular flexibility index (Phi) is 41.1. The normalized spacial score (nSPS) is 20.4. The van der Waals surface area contributed by atoms with E-state index in [4.69, 9.17) is 18.9 Å². The van der Waals surface area contributed by atoms with Crippen LogP contribution in [0, 0.1) is 0 Å². The number of hydrogen-bond acceptors (Lipinski definition) is 11. The number of allylic oxidation sites excluding steroid dienone is 20. The predicted molar refractivity (Wildman–Crippen MR) is 275 cm³/mol. The van der Waals surface area contributed by atoms with Crippen molar-refractivity contribution in [3.05, 3.63) is 122 Å². The van der Waals surface area contributed by atoms with E-state index in [0.29, 0.717) is 13.0 Å². The molecule has 0 aromatic carbocycles. The maximum atomic E-state index is 12.9. The first kappa shape index (κ1) is 62.5. The lowest BCUT2D eigenvalue weighted by Gasteiger charge is -2.41. The number of carbonyl (C=O) groups excluding carboxylic acids is 1. The second-order valence-electron chi connectivity index (χ2n) is 16.6. The monoisotopic (exact) mass is 973 g/mol. The third kappa shape index (κ3) is 37.4. The van der Waals surface area contributed by atoms with Gasteiger partial charge in [0.2, 0.25) is 0 Å². The zero-order chi connectivity index (χ0) is 49.6. The largest absolute Gasteiger partial charge is 0.457 e. The highest BCUT2D eigenvalue weighted by atomic mass is 32.3. The van der Waals surface area contributed by atoms with Crippen LogP contribution < -0.4 is 0 Å². The molecule has 6 unspecified atom stereocenters. The lowest BCUT2D eigenvalue weighted by atomic mass is 9.99. The average Bonchev–Trinajstić information content (AvgIpc) is 3.31. The number of hydrogen-bond donors (Lipinski definition) is 4. The molecule has 1 saturated heterocycles. The van der Waals surface area contributed by atoms with Crippen molar-refractivity contribution in [1.29, 1.82) is 0 Å². The first-order valence-corrected chi connectivity index (χ1v) is 26.7. The minimum Gasteiger partial charge on any atom is -0.457 e. The van der Waals surface area contributed by atoms with Gasteiger partial charge in [-0.3, -0.25) is 9.35 Å². The molecule has 0 aromatic heterocycles. The minimum absolute atomic E-state index is 0.00138. The SMILES string of the molecule is CC/C=C\C/C=C\C/C=C\C/C=C\C/C=C\CCCCCCCC(=O)OC(COCCCCCC/C=C\C/C=C\C/C=C\C/C=C\C/C=C\CC)COC1OC(CO)C(O)C(OS(=O)(=O)O)C1O. The van der Waals surface area contributed by atoms with Crippen molar-refractivity contribution in [3.8, 4) is 0 Å². The van der Waals surface area contributed by atoms with Crippen molar-refractivity contribution in [2.75, 3.05) is 26.4 Å². The maximum Gasteiger partial charge on any atom is 0.397 e. The van der Waals surface area contributed by atoms with Gasteiger partial charge in [-0.05, 0) is 103 Å². The van der Waals surface area contributed by atoms with Crippen LogP contribution in [0.15, 0.2) is 122 Å². The molecule has 12 nitrogen and oxygen atoms in total. The Balaban J connectivity index is 2.43. The van der Waals surface area contributed by atoms with E-state index in [1.165, 1.54) is 0 Å². The van der Waals surface area contributed by atoms with Gasteiger partial charge in [0, 0.05) is 13.0 Å². The van der Waals surface area contributed by atoms with Crippen molar-refractivity contribution in [1.82, 2.24) is 0 Å². The van der Waals surface area contributed by atoms with Gasteiger partial charge in [0.25, 0.3) is 0 Å². The second kappa shape index (κ2) is 44.7. The first-order valence-electron chi connectivity index (χ1n) is 25.3. The molecule has 0 amide bonds. The van der Waals surface area contributed by atoms with Crippen LogP contribution in [0.4, 0.5) is 0 Å². The van der Waals surface area contributed by atoms with Crippen molar-refractivity contribution < 1.29 is 56.2 Å². The van der Waals surface area contributed by atoms with Crippen molar-refractivity contribution in [2.45, 2.75) is 192 Å². The lowest BCUT2D eigenvalue weighted by molar-refractivity contribution is -0.301. The van der Waals surface area contributed by atoms with Crippen LogP contribution in [0.5, 0.6) is 0 Å². The Bertz CT molecular complexity index is 1640. The molecule has 1 aliphatic heterocycles. The highest BCUT2D eigenvalue weighted by Crippen LogP contribution is 2.26. The molecule has 68 heavy (non-hydrogen) atoms. The fourth-order valence-corrected chi connectivity index (χ4v) is 7.35. The smallest absolute Gasteiger partial charge is 0.397 e. The summed E-state index contributed by atoms with van der Waals surface area (Å²) in [4.78, 5) is 12.9. The van der Waals surface area contributed by atoms with E-state index in [2.05, 4.69) is 140 Å². The summed E-state index contributed by atoms with van der Waals surface area (Å²) < 4.78 is 59.2. The van der Waals surface area contributed by atoms with Gasteiger partial charge in [-0.15, -0.1) is 0 Å². The van der Waals surface area contributed by atoms with Crippen molar-refractivity contribution in [3.63, 3.8) is 0 Å². The molecule has 1 fully saturated rings. The Morgan fingerprint density at radius 3 is 1.41 bits per heavy atom. The van der Waals surface area contributed by atoms with Crippen molar-refractivity contribution in [2.24, 2.45) is 0 Å². The number of rotatable bonds is 42. The summed E-state index contributed by atoms with van der Waals surface area (Å²) in [6.45, 7) is 3.65. The molecule has 1 aliphatic rings. The number of aliphatic hydroxyl groups excluding tert-OH is 3. The van der Waals surface area contributed by atoms with Gasteiger partial charge in [0.1, 0.15) is 30.5 Å². The third-order valence-electron chi connectivity index (χ3n) is 10.6. The second-order valence-corrected chi connectivity index (χ2v) is 17.7. The van der Waals surface area contributed by atoms with Crippen LogP contribution in [0.2, 0.25) is 0 Å². The Hall–Kier alpha value is -3.50. The summed E-state index contributed by atoms with van der Waals surface area (Å²) in [6.07, 6.45) is 55.1. The average molecular weight is 973 g/mol. The van der Waals surface area contributed by atoms with Gasteiger partial charge in [0.15, 0.2) is 6.29 Å². The summed E-state index contributed by atoms with van der Waals surface area (Å²) in [5, 5.41) is 30.8. The molecule has 0 saturated carbocycles. The number of carbonyl (C=O) groups is 1. The molecule has 0 bridgehead atoms. The molecule has 13 heteroatoms. The fraction of sp³-hybridized carbons (Fsp3) is 0.618. The maximum absolute atomic E-state index is 12.9. The number of unbranched alkanes of at least 4 members (excludes halogenated alkanes) is 9. The van der Waals surface area contributed by atoms with Gasteiger partial charge in [-0.1, -0.05) is 167 Å². The summed E-state index contributed by atoms with van der Waals surface area (Å²) in [7, 11) is -5.08. The molecule has 386 valence electrons. The molecular formula is C55H88O12S. The Morgan fingerprint density at radius 1 is 0.559 bits per heavy atom. The molecule has 1 rings (SSSR count). The van der Waals surface area contributed by atoms with Crippen LogP contribution >= 0.6 is 0 Å². The predicted octanol–water partition coefficient (Wildman–Crippen LogP) is 11.7. The van der Waals surface area contributed by atoms with E-state index >= 15 is 0 Å². The summed E-state index contributed by atoms with van der Waals surface area (Å²) in [6, 6.07) is 0. The Morgan fingerprint density at radius 2 is 0.971 bits per heavy atom. The molecule has 0 aromatic rings. The molecule has 0 spiro atoms. The molecule has 1 heterocycles. The lowest BCUT2D eigenvalue weighted by Crippen LogP contribution is -2.60. The van der Waals surface area contributed by atoms with Gasteiger partial charge in [-0.2, -0.15) is 8.42 Å². The molecular weight excluding hydrogens is 885 g/mol. The standard InChI is InChI=1S/C55H88O12S/c1-3-5-7-9-11-13-15-17-19-21-23-25-26-28-30-32-34-36-38-40-42-44-51(57)65-49(48-64-55-53(59)54(67-68(60,61)62)52(58)50(46-56)66-55)47-63-45-43-41-39-37-35-33-31-29-27-24-22-20-18-16-14-12-10-8-6-4-2/h5-8,11-14,17-20,23-25,27-28,30-31,33,49-50,52-56,58-59H,3-4,9-10,15-16,21-22,26,29,32,34-48H2,1-2H3,(H,60,61,62)/b7-5-,8-6-,13-11-,14-12-,19-17-,20-18-,25-23-,27-24-,30-28-,33-31-. The van der Waals surface area contributed by atoms with Gasteiger partial charge in [-0.25, -0.2) is 4.18 Å². The molecule has 4 N–H and O–H groups in total. The first-order chi connectivity index (χ1) is 33.1. The van der Waals surface area contributed by atoms with E-state index in [9.17, 15) is 33.1 Å².